The van der Waals surface area contributed by atoms with E-state index in [4.69, 9.17) is 0 Å². The number of H-pyrrole nitrogens is 1. The Balaban J connectivity index is 1.45. The van der Waals surface area contributed by atoms with Gasteiger partial charge in [0.15, 0.2) is 0 Å². The Kier molecular flexibility index (Phi) is 5.73. The standard InChI is InChI=1S/C23H28N6O2/c1-14-12-29(18-5-6-19(25-11-18)23(31)24-4)8-7-28(14)13-17-9-20-21(26-10-17)15(2)16(3)22(30)27-20/h5-6,9-11,14H,7-8,12-13H2,1-4H3,(H,24,31)(H,27,30). The first-order chi connectivity index (χ1) is 14.9. The molecule has 3 aromatic heterocycles. The number of carbonyl (C=O) groups excluding carboxylic acids is 1. The Morgan fingerprint density at radius 2 is 2.00 bits per heavy atom. The lowest BCUT2D eigenvalue weighted by atomic mass is 10.1. The van der Waals surface area contributed by atoms with Crippen LogP contribution >= 0.6 is 0 Å². The van der Waals surface area contributed by atoms with Gasteiger partial charge in [-0.15, -0.1) is 0 Å². The summed E-state index contributed by atoms with van der Waals surface area (Å²) in [6.07, 6.45) is 3.68. The zero-order valence-electron chi connectivity index (χ0n) is 18.4. The predicted molar refractivity (Wildman–Crippen MR) is 122 cm³/mol. The minimum absolute atomic E-state index is 0.0537. The van der Waals surface area contributed by atoms with Crippen LogP contribution in [0.2, 0.25) is 0 Å². The maximum absolute atomic E-state index is 12.1. The van der Waals surface area contributed by atoms with Gasteiger partial charge < -0.3 is 15.2 Å². The van der Waals surface area contributed by atoms with Crippen molar-refractivity contribution < 1.29 is 4.79 Å². The first-order valence-corrected chi connectivity index (χ1v) is 10.5. The van der Waals surface area contributed by atoms with E-state index in [9.17, 15) is 9.59 Å². The van der Waals surface area contributed by atoms with Gasteiger partial charge in [-0.3, -0.25) is 19.5 Å². The van der Waals surface area contributed by atoms with Gasteiger partial charge in [0.2, 0.25) is 0 Å². The first-order valence-electron chi connectivity index (χ1n) is 10.5. The second kappa shape index (κ2) is 8.47. The van der Waals surface area contributed by atoms with Crippen LogP contribution in [0.25, 0.3) is 11.0 Å². The molecule has 4 heterocycles. The van der Waals surface area contributed by atoms with Crippen LogP contribution in [-0.4, -0.2) is 58.5 Å². The summed E-state index contributed by atoms with van der Waals surface area (Å²) >= 11 is 0. The van der Waals surface area contributed by atoms with E-state index in [2.05, 4.69) is 37.0 Å². The third-order valence-corrected chi connectivity index (χ3v) is 6.17. The summed E-state index contributed by atoms with van der Waals surface area (Å²) in [6, 6.07) is 6.09. The van der Waals surface area contributed by atoms with Gasteiger partial charge in [-0.05, 0) is 50.1 Å². The summed E-state index contributed by atoms with van der Waals surface area (Å²) in [4.78, 5) is 40.4. The number of anilines is 1. The minimum atomic E-state index is -0.180. The van der Waals surface area contributed by atoms with E-state index in [0.717, 1.165) is 59.6 Å². The smallest absolute Gasteiger partial charge is 0.269 e. The Hall–Kier alpha value is -3.26. The second-order valence-electron chi connectivity index (χ2n) is 8.19. The molecule has 0 aliphatic carbocycles. The van der Waals surface area contributed by atoms with Crippen molar-refractivity contribution in [1.82, 2.24) is 25.2 Å². The van der Waals surface area contributed by atoms with Crippen molar-refractivity contribution in [3.8, 4) is 0 Å². The number of piperazine rings is 1. The monoisotopic (exact) mass is 420 g/mol. The number of rotatable bonds is 4. The second-order valence-corrected chi connectivity index (χ2v) is 8.19. The van der Waals surface area contributed by atoms with Gasteiger partial charge in [0.1, 0.15) is 5.69 Å². The Morgan fingerprint density at radius 3 is 2.68 bits per heavy atom. The van der Waals surface area contributed by atoms with Gasteiger partial charge >= 0.3 is 0 Å². The molecule has 1 aliphatic rings. The molecule has 31 heavy (non-hydrogen) atoms. The van der Waals surface area contributed by atoms with Crippen LogP contribution in [0.3, 0.4) is 0 Å². The molecule has 8 nitrogen and oxygen atoms in total. The van der Waals surface area contributed by atoms with Gasteiger partial charge in [-0.25, -0.2) is 4.98 Å². The number of nitrogens with zero attached hydrogens (tertiary/aromatic N) is 4. The summed E-state index contributed by atoms with van der Waals surface area (Å²) in [5, 5.41) is 2.59. The third kappa shape index (κ3) is 4.16. The summed E-state index contributed by atoms with van der Waals surface area (Å²) in [7, 11) is 1.60. The van der Waals surface area contributed by atoms with Crippen LogP contribution in [0.4, 0.5) is 5.69 Å². The number of carbonyl (C=O) groups is 1. The fourth-order valence-corrected chi connectivity index (χ4v) is 4.09. The number of pyridine rings is 3. The molecule has 1 aliphatic heterocycles. The van der Waals surface area contributed by atoms with Crippen molar-refractivity contribution in [1.29, 1.82) is 0 Å². The molecule has 4 rings (SSSR count). The Morgan fingerprint density at radius 1 is 1.19 bits per heavy atom. The van der Waals surface area contributed by atoms with E-state index in [0.29, 0.717) is 11.7 Å². The van der Waals surface area contributed by atoms with Crippen LogP contribution in [0, 0.1) is 13.8 Å². The molecule has 0 saturated carbocycles. The van der Waals surface area contributed by atoms with Gasteiger partial charge in [-0.2, -0.15) is 0 Å². The largest absolute Gasteiger partial charge is 0.367 e. The number of amides is 1. The zero-order valence-corrected chi connectivity index (χ0v) is 18.4. The predicted octanol–water partition coefficient (Wildman–Crippen LogP) is 2.01. The summed E-state index contributed by atoms with van der Waals surface area (Å²) < 4.78 is 0. The molecular weight excluding hydrogens is 392 g/mol. The highest BCUT2D eigenvalue weighted by molar-refractivity contribution is 5.92. The molecule has 1 fully saturated rings. The summed E-state index contributed by atoms with van der Waals surface area (Å²) in [5.74, 6) is -0.180. The fraction of sp³-hybridized carbons (Fsp3) is 0.391. The van der Waals surface area contributed by atoms with E-state index >= 15 is 0 Å². The van der Waals surface area contributed by atoms with E-state index < -0.39 is 0 Å². The highest BCUT2D eigenvalue weighted by Gasteiger charge is 2.24. The Bertz CT molecular complexity index is 1170. The molecule has 0 bridgehead atoms. The molecule has 2 N–H and O–H groups in total. The number of nitrogens with one attached hydrogen (secondary N) is 2. The van der Waals surface area contributed by atoms with Gasteiger partial charge in [0, 0.05) is 51.0 Å². The highest BCUT2D eigenvalue weighted by Crippen LogP contribution is 2.22. The Labute approximate surface area is 181 Å². The average Bonchev–Trinajstić information content (AvgIpc) is 2.78. The lowest BCUT2D eigenvalue weighted by molar-refractivity contribution is 0.0958. The van der Waals surface area contributed by atoms with Gasteiger partial charge in [0.05, 0.1) is 22.9 Å². The molecule has 8 heteroatoms. The van der Waals surface area contributed by atoms with Crippen LogP contribution in [0.5, 0.6) is 0 Å². The number of aromatic nitrogens is 3. The van der Waals surface area contributed by atoms with Crippen LogP contribution in [0.1, 0.15) is 34.1 Å². The maximum atomic E-state index is 12.1. The van der Waals surface area contributed by atoms with E-state index in [1.807, 2.05) is 32.2 Å². The number of fused-ring (bicyclic) bond motifs is 1. The SMILES string of the molecule is CNC(=O)c1ccc(N2CCN(Cc3cnc4c(C)c(C)c(=O)[nH]c4c3)C(C)C2)cn1. The van der Waals surface area contributed by atoms with Crippen LogP contribution in [-0.2, 0) is 6.54 Å². The number of hydrogen-bond donors (Lipinski definition) is 2. The highest BCUT2D eigenvalue weighted by atomic mass is 16.1. The molecular formula is C23H28N6O2. The molecule has 162 valence electrons. The first kappa shape index (κ1) is 21.0. The maximum Gasteiger partial charge on any atom is 0.269 e. The van der Waals surface area contributed by atoms with E-state index in [1.54, 1.807) is 19.3 Å². The van der Waals surface area contributed by atoms with Crippen molar-refractivity contribution in [3.05, 3.63) is 63.3 Å². The lowest BCUT2D eigenvalue weighted by Gasteiger charge is -2.41. The quantitative estimate of drug-likeness (QED) is 0.671. The summed E-state index contributed by atoms with van der Waals surface area (Å²) in [5.41, 5.74) is 5.77. The number of hydrogen-bond acceptors (Lipinski definition) is 6. The van der Waals surface area contributed by atoms with Crippen molar-refractivity contribution in [2.75, 3.05) is 31.6 Å². The number of aromatic amines is 1. The van der Waals surface area contributed by atoms with Crippen molar-refractivity contribution in [2.45, 2.75) is 33.4 Å². The molecule has 0 aromatic carbocycles. The topological polar surface area (TPSA) is 94.2 Å². The molecule has 1 amide bonds. The van der Waals surface area contributed by atoms with Crippen molar-refractivity contribution in [2.24, 2.45) is 0 Å². The molecule has 1 atom stereocenters. The van der Waals surface area contributed by atoms with Crippen LogP contribution < -0.4 is 15.8 Å². The van der Waals surface area contributed by atoms with Crippen LogP contribution in [0.15, 0.2) is 35.4 Å². The molecule has 0 spiro atoms. The minimum Gasteiger partial charge on any atom is -0.367 e. The molecule has 1 saturated heterocycles. The summed E-state index contributed by atoms with van der Waals surface area (Å²) in [6.45, 7) is 9.41. The van der Waals surface area contributed by atoms with Gasteiger partial charge in [-0.1, -0.05) is 0 Å². The zero-order chi connectivity index (χ0) is 22.1. The molecule has 1 unspecified atom stereocenters. The number of aryl methyl sites for hydroxylation is 1. The van der Waals surface area contributed by atoms with Crippen molar-refractivity contribution >= 4 is 22.6 Å². The lowest BCUT2D eigenvalue weighted by Crippen LogP contribution is -2.51. The van der Waals surface area contributed by atoms with Crippen molar-refractivity contribution in [3.63, 3.8) is 0 Å². The average molecular weight is 421 g/mol. The normalized spacial score (nSPS) is 17.2. The molecule has 0 radical (unpaired) electrons. The van der Waals surface area contributed by atoms with E-state index in [-0.39, 0.29) is 11.5 Å². The molecule has 3 aromatic rings. The van der Waals surface area contributed by atoms with Gasteiger partial charge in [0.25, 0.3) is 11.5 Å². The third-order valence-electron chi connectivity index (χ3n) is 6.17. The van der Waals surface area contributed by atoms with E-state index in [1.165, 1.54) is 0 Å². The fourth-order valence-electron chi connectivity index (χ4n) is 4.09.